The van der Waals surface area contributed by atoms with Crippen LogP contribution < -0.4 is 5.32 Å². The van der Waals surface area contributed by atoms with Crippen LogP contribution in [0.1, 0.15) is 27.2 Å². The van der Waals surface area contributed by atoms with E-state index in [0.29, 0.717) is 13.0 Å². The van der Waals surface area contributed by atoms with Crippen LogP contribution >= 0.6 is 0 Å². The van der Waals surface area contributed by atoms with Crippen molar-refractivity contribution in [2.24, 2.45) is 5.41 Å². The highest BCUT2D eigenvalue weighted by Gasteiger charge is 2.38. The Bertz CT molecular complexity index is 375. The SMILES string of the molecule is CN1CCN(C[C@@H]2OC[C@H](NC(=O)CC(C)(C)C)[C@H]2O)CC1. The molecule has 0 bridgehead atoms. The van der Waals surface area contributed by atoms with Crippen LogP contribution in [0.5, 0.6) is 0 Å². The number of ether oxygens (including phenoxy) is 1. The maximum atomic E-state index is 12.0. The number of carbonyl (C=O) groups excluding carboxylic acids is 1. The maximum Gasteiger partial charge on any atom is 0.220 e. The van der Waals surface area contributed by atoms with Gasteiger partial charge in [-0.05, 0) is 12.5 Å². The fraction of sp³-hybridized carbons (Fsp3) is 0.938. The smallest absolute Gasteiger partial charge is 0.220 e. The lowest BCUT2D eigenvalue weighted by Gasteiger charge is -2.34. The highest BCUT2D eigenvalue weighted by Crippen LogP contribution is 2.20. The minimum atomic E-state index is -0.622. The number of rotatable bonds is 4. The zero-order chi connectivity index (χ0) is 16.3. The van der Waals surface area contributed by atoms with Gasteiger partial charge >= 0.3 is 0 Å². The van der Waals surface area contributed by atoms with Crippen molar-refractivity contribution in [3.05, 3.63) is 0 Å². The summed E-state index contributed by atoms with van der Waals surface area (Å²) >= 11 is 0. The van der Waals surface area contributed by atoms with Crippen LogP contribution in [0.2, 0.25) is 0 Å². The van der Waals surface area contributed by atoms with Crippen LogP contribution in [-0.4, -0.2) is 85.4 Å². The molecule has 128 valence electrons. The molecular formula is C16H31N3O3. The Morgan fingerprint density at radius 3 is 2.50 bits per heavy atom. The van der Waals surface area contributed by atoms with Gasteiger partial charge in [-0.2, -0.15) is 0 Å². The second-order valence-electron chi connectivity index (χ2n) is 7.88. The molecule has 2 saturated heterocycles. The van der Waals surface area contributed by atoms with Crippen LogP contribution in [0, 0.1) is 5.41 Å². The minimum Gasteiger partial charge on any atom is -0.388 e. The Morgan fingerprint density at radius 1 is 1.27 bits per heavy atom. The number of piperazine rings is 1. The zero-order valence-corrected chi connectivity index (χ0v) is 14.3. The standard InChI is InChI=1S/C16H31N3O3/c1-16(2,3)9-14(20)17-12-11-22-13(15(12)21)10-19-7-5-18(4)6-8-19/h12-13,15,21H,5-11H2,1-4H3,(H,17,20)/t12-,13-,15+/m0/s1. The Kier molecular flexibility index (Phi) is 5.82. The summed E-state index contributed by atoms with van der Waals surface area (Å²) in [5, 5.41) is 13.3. The summed E-state index contributed by atoms with van der Waals surface area (Å²) in [6.07, 6.45) is -0.369. The van der Waals surface area contributed by atoms with E-state index in [-0.39, 0.29) is 23.5 Å². The lowest BCUT2D eigenvalue weighted by atomic mass is 9.91. The number of aliphatic hydroxyl groups excluding tert-OH is 1. The number of amides is 1. The van der Waals surface area contributed by atoms with E-state index in [1.165, 1.54) is 0 Å². The van der Waals surface area contributed by atoms with E-state index < -0.39 is 6.10 Å². The monoisotopic (exact) mass is 313 g/mol. The molecule has 2 heterocycles. The summed E-state index contributed by atoms with van der Waals surface area (Å²) in [7, 11) is 2.12. The molecule has 6 nitrogen and oxygen atoms in total. The summed E-state index contributed by atoms with van der Waals surface area (Å²) in [5.41, 5.74) is -0.0479. The summed E-state index contributed by atoms with van der Waals surface area (Å²) in [4.78, 5) is 16.6. The van der Waals surface area contributed by atoms with Crippen molar-refractivity contribution in [2.75, 3.05) is 46.4 Å². The Balaban J connectivity index is 1.77. The van der Waals surface area contributed by atoms with Gasteiger partial charge in [-0.25, -0.2) is 0 Å². The van der Waals surface area contributed by atoms with Gasteiger partial charge in [0.05, 0.1) is 18.8 Å². The van der Waals surface area contributed by atoms with Gasteiger partial charge in [0.1, 0.15) is 6.10 Å². The fourth-order valence-corrected chi connectivity index (χ4v) is 3.00. The zero-order valence-electron chi connectivity index (χ0n) is 14.3. The van der Waals surface area contributed by atoms with Gasteiger partial charge in [0, 0.05) is 39.1 Å². The molecule has 2 aliphatic heterocycles. The molecule has 0 aromatic rings. The highest BCUT2D eigenvalue weighted by molar-refractivity contribution is 5.77. The van der Waals surface area contributed by atoms with Gasteiger partial charge in [0.25, 0.3) is 0 Å². The molecule has 2 aliphatic rings. The molecular weight excluding hydrogens is 282 g/mol. The first-order valence-electron chi connectivity index (χ1n) is 8.24. The first kappa shape index (κ1) is 17.7. The molecule has 1 amide bonds. The number of hydrogen-bond donors (Lipinski definition) is 2. The average molecular weight is 313 g/mol. The van der Waals surface area contributed by atoms with E-state index in [0.717, 1.165) is 32.7 Å². The first-order chi connectivity index (χ1) is 10.2. The van der Waals surface area contributed by atoms with Crippen molar-refractivity contribution in [3.8, 4) is 0 Å². The van der Waals surface area contributed by atoms with E-state index in [4.69, 9.17) is 4.74 Å². The molecule has 0 spiro atoms. The van der Waals surface area contributed by atoms with Gasteiger partial charge in [0.2, 0.25) is 5.91 Å². The number of carbonyl (C=O) groups is 1. The van der Waals surface area contributed by atoms with Crippen molar-refractivity contribution in [1.82, 2.24) is 15.1 Å². The third kappa shape index (κ3) is 5.19. The second-order valence-corrected chi connectivity index (χ2v) is 7.88. The Hall–Kier alpha value is -0.690. The van der Waals surface area contributed by atoms with Crippen LogP contribution in [0.15, 0.2) is 0 Å². The van der Waals surface area contributed by atoms with E-state index >= 15 is 0 Å². The molecule has 0 aliphatic carbocycles. The number of likely N-dealkylation sites (N-methyl/N-ethyl adjacent to an activating group) is 1. The van der Waals surface area contributed by atoms with Crippen LogP contribution in [0.25, 0.3) is 0 Å². The topological polar surface area (TPSA) is 65.0 Å². The van der Waals surface area contributed by atoms with Crippen molar-refractivity contribution in [1.29, 1.82) is 0 Å². The maximum absolute atomic E-state index is 12.0. The van der Waals surface area contributed by atoms with Gasteiger partial charge in [-0.1, -0.05) is 20.8 Å². The lowest BCUT2D eigenvalue weighted by Crippen LogP contribution is -2.50. The normalized spacial score (nSPS) is 31.4. The second kappa shape index (κ2) is 7.25. The van der Waals surface area contributed by atoms with E-state index in [1.807, 2.05) is 20.8 Å². The first-order valence-corrected chi connectivity index (χ1v) is 8.24. The van der Waals surface area contributed by atoms with Crippen molar-refractivity contribution in [2.45, 2.75) is 45.4 Å². The fourth-order valence-electron chi connectivity index (χ4n) is 3.00. The minimum absolute atomic E-state index is 0.0135. The molecule has 2 fully saturated rings. The predicted molar refractivity (Wildman–Crippen MR) is 85.7 cm³/mol. The summed E-state index contributed by atoms with van der Waals surface area (Å²) in [5.74, 6) is -0.0135. The molecule has 0 aromatic carbocycles. The summed E-state index contributed by atoms with van der Waals surface area (Å²) < 4.78 is 5.72. The summed E-state index contributed by atoms with van der Waals surface area (Å²) in [6.45, 7) is 11.3. The number of hydrogen-bond acceptors (Lipinski definition) is 5. The third-order valence-corrected chi connectivity index (χ3v) is 4.35. The molecule has 6 heteroatoms. The third-order valence-electron chi connectivity index (χ3n) is 4.35. The molecule has 0 radical (unpaired) electrons. The van der Waals surface area contributed by atoms with Crippen molar-refractivity contribution < 1.29 is 14.6 Å². The molecule has 0 aromatic heterocycles. The molecule has 2 rings (SSSR count). The van der Waals surface area contributed by atoms with Gasteiger partial charge in [0.15, 0.2) is 0 Å². The Labute approximate surface area is 133 Å². The van der Waals surface area contributed by atoms with Crippen LogP contribution in [0.4, 0.5) is 0 Å². The number of aliphatic hydroxyl groups is 1. The Morgan fingerprint density at radius 2 is 1.91 bits per heavy atom. The van der Waals surface area contributed by atoms with E-state index in [1.54, 1.807) is 0 Å². The number of nitrogens with one attached hydrogen (secondary N) is 1. The van der Waals surface area contributed by atoms with Crippen LogP contribution in [0.3, 0.4) is 0 Å². The highest BCUT2D eigenvalue weighted by atomic mass is 16.5. The van der Waals surface area contributed by atoms with Crippen molar-refractivity contribution >= 4 is 5.91 Å². The molecule has 2 N–H and O–H groups in total. The van der Waals surface area contributed by atoms with Gasteiger partial charge in [-0.3, -0.25) is 9.69 Å². The molecule has 3 atom stereocenters. The predicted octanol–water partition coefficient (Wildman–Crippen LogP) is -0.0855. The molecule has 0 unspecified atom stereocenters. The van der Waals surface area contributed by atoms with E-state index in [2.05, 4.69) is 22.2 Å². The summed E-state index contributed by atoms with van der Waals surface area (Å²) in [6, 6.07) is -0.285. The average Bonchev–Trinajstić information content (AvgIpc) is 2.72. The quantitative estimate of drug-likeness (QED) is 0.760. The number of nitrogens with zero attached hydrogens (tertiary/aromatic N) is 2. The van der Waals surface area contributed by atoms with Crippen LogP contribution in [-0.2, 0) is 9.53 Å². The van der Waals surface area contributed by atoms with Crippen molar-refractivity contribution in [3.63, 3.8) is 0 Å². The van der Waals surface area contributed by atoms with Gasteiger partial charge in [-0.15, -0.1) is 0 Å². The molecule has 0 saturated carbocycles. The van der Waals surface area contributed by atoms with Gasteiger partial charge < -0.3 is 20.1 Å². The largest absolute Gasteiger partial charge is 0.388 e. The van der Waals surface area contributed by atoms with E-state index in [9.17, 15) is 9.90 Å². The lowest BCUT2D eigenvalue weighted by molar-refractivity contribution is -0.124. The molecule has 22 heavy (non-hydrogen) atoms.